The number of hydrogen-bond acceptors (Lipinski definition) is 10. The molecule has 6 N–H and O–H groups in total. The van der Waals surface area contributed by atoms with Gasteiger partial charge in [0.05, 0.1) is 31.9 Å². The van der Waals surface area contributed by atoms with Crippen molar-refractivity contribution in [2.75, 3.05) is 66.9 Å². The summed E-state index contributed by atoms with van der Waals surface area (Å²) in [6.07, 6.45) is -0.345. The summed E-state index contributed by atoms with van der Waals surface area (Å²) in [4.78, 5) is 6.81. The van der Waals surface area contributed by atoms with E-state index < -0.39 is 6.10 Å². The summed E-state index contributed by atoms with van der Waals surface area (Å²) >= 11 is 0. The second-order valence-corrected chi connectivity index (χ2v) is 13.9. The van der Waals surface area contributed by atoms with Crippen molar-refractivity contribution in [3.05, 3.63) is 133 Å². The third-order valence-corrected chi connectivity index (χ3v) is 9.67. The number of rotatable bonds is 17. The van der Waals surface area contributed by atoms with Gasteiger partial charge >= 0.3 is 0 Å². The van der Waals surface area contributed by atoms with Crippen LogP contribution < -0.4 is 39.5 Å². The number of benzene rings is 6. The van der Waals surface area contributed by atoms with E-state index in [2.05, 4.69) is 45.6 Å². The van der Waals surface area contributed by atoms with E-state index in [1.807, 2.05) is 103 Å². The van der Waals surface area contributed by atoms with Crippen molar-refractivity contribution in [3.63, 3.8) is 0 Å². The third-order valence-electron chi connectivity index (χ3n) is 9.67. The molecule has 2 aromatic heterocycles. The Morgan fingerprint density at radius 3 is 1.60 bits per heavy atom. The number of fused-ring (bicyclic) bond motifs is 6. The van der Waals surface area contributed by atoms with Crippen LogP contribution in [0.15, 0.2) is 133 Å². The number of aliphatic hydroxyl groups excluding tert-OH is 1. The minimum Gasteiger partial charge on any atom is -0.493 e. The van der Waals surface area contributed by atoms with Gasteiger partial charge < -0.3 is 59.3 Å². The van der Waals surface area contributed by atoms with Crippen LogP contribution in [0.2, 0.25) is 0 Å². The first-order valence-electron chi connectivity index (χ1n) is 20.0. The average Bonchev–Trinajstić information content (AvgIpc) is 3.93. The molecule has 0 bridgehead atoms. The monoisotopic (exact) mass is 812 g/mol. The van der Waals surface area contributed by atoms with Gasteiger partial charge in [-0.25, -0.2) is 0 Å². The summed E-state index contributed by atoms with van der Waals surface area (Å²) in [5, 5.41) is 18.0. The lowest BCUT2D eigenvalue weighted by Gasteiger charge is -2.15. The Labute approximate surface area is 349 Å². The number of nitrogens with two attached hydrogens (primary N) is 1. The molecule has 6 aromatic carbocycles. The molecule has 1 aliphatic heterocycles. The number of para-hydroxylation sites is 6. The second-order valence-electron chi connectivity index (χ2n) is 13.9. The highest BCUT2D eigenvalue weighted by Crippen LogP contribution is 2.34. The maximum Gasteiger partial charge on any atom is 0.161 e. The highest BCUT2D eigenvalue weighted by Gasteiger charge is 2.23. The van der Waals surface area contributed by atoms with Gasteiger partial charge in [-0.15, -0.1) is 0 Å². The minimum absolute atomic E-state index is 0.207. The molecule has 12 heteroatoms. The van der Waals surface area contributed by atoms with Crippen molar-refractivity contribution in [3.8, 4) is 34.5 Å². The van der Waals surface area contributed by atoms with Crippen molar-refractivity contribution in [1.29, 1.82) is 0 Å². The molecular weight excluding hydrogens is 761 g/mol. The lowest BCUT2D eigenvalue weighted by atomic mass is 10.1. The Balaban J connectivity index is 0.000000153. The van der Waals surface area contributed by atoms with E-state index >= 15 is 0 Å². The molecule has 0 radical (unpaired) electrons. The number of hydrogen-bond donors (Lipinski definition) is 5. The van der Waals surface area contributed by atoms with Gasteiger partial charge in [0.1, 0.15) is 50.1 Å². The van der Waals surface area contributed by atoms with Gasteiger partial charge in [0.2, 0.25) is 0 Å². The number of aliphatic hydroxyl groups is 1. The van der Waals surface area contributed by atoms with E-state index in [4.69, 9.17) is 38.9 Å². The van der Waals surface area contributed by atoms with E-state index in [1.165, 1.54) is 5.39 Å². The Bertz CT molecular complexity index is 2570. The SMILES string of the molecule is COc1ccccc1OCCN.COc1ccccc1OCCNCC(O)COc1cccc2[nH]c3ccccc3c12.c1ccc2c(c1)[nH]c1cccc(OCC3CO3)c12. The summed E-state index contributed by atoms with van der Waals surface area (Å²) < 4.78 is 38.4. The van der Waals surface area contributed by atoms with Gasteiger partial charge in [0.25, 0.3) is 0 Å². The second kappa shape index (κ2) is 21.0. The van der Waals surface area contributed by atoms with Crippen LogP contribution in [0.25, 0.3) is 43.6 Å². The zero-order chi connectivity index (χ0) is 41.5. The van der Waals surface area contributed by atoms with Gasteiger partial charge in [-0.2, -0.15) is 0 Å². The van der Waals surface area contributed by atoms with Gasteiger partial charge in [0.15, 0.2) is 23.0 Å². The summed E-state index contributed by atoms with van der Waals surface area (Å²) in [5.74, 6) is 4.59. The van der Waals surface area contributed by atoms with E-state index in [9.17, 15) is 5.11 Å². The first kappa shape index (κ1) is 41.7. The molecule has 0 aliphatic carbocycles. The van der Waals surface area contributed by atoms with Crippen LogP contribution in [-0.4, -0.2) is 94.2 Å². The fourth-order valence-electron chi connectivity index (χ4n) is 6.72. The van der Waals surface area contributed by atoms with Crippen LogP contribution in [0, 0.1) is 0 Å². The maximum absolute atomic E-state index is 10.3. The number of aromatic nitrogens is 2. The molecule has 2 unspecified atom stereocenters. The van der Waals surface area contributed by atoms with Crippen molar-refractivity contribution >= 4 is 43.6 Å². The van der Waals surface area contributed by atoms with Crippen molar-refractivity contribution in [2.24, 2.45) is 5.73 Å². The smallest absolute Gasteiger partial charge is 0.161 e. The number of H-pyrrole nitrogens is 2. The Morgan fingerprint density at radius 2 is 1.07 bits per heavy atom. The van der Waals surface area contributed by atoms with Crippen LogP contribution in [-0.2, 0) is 4.74 Å². The maximum atomic E-state index is 10.3. The normalized spacial score (nSPS) is 13.5. The van der Waals surface area contributed by atoms with E-state index in [0.717, 1.165) is 67.8 Å². The van der Waals surface area contributed by atoms with Gasteiger partial charge in [-0.1, -0.05) is 72.8 Å². The molecular formula is C48H52N4O8. The molecule has 9 rings (SSSR count). The molecule has 60 heavy (non-hydrogen) atoms. The number of epoxide rings is 1. The zero-order valence-corrected chi connectivity index (χ0v) is 33.9. The first-order valence-corrected chi connectivity index (χ1v) is 20.0. The molecule has 8 aromatic rings. The fraction of sp³-hybridized carbons (Fsp3) is 0.250. The summed E-state index contributed by atoms with van der Waals surface area (Å²) in [6, 6.07) is 43.5. The molecule has 0 spiro atoms. The molecule has 1 aliphatic rings. The van der Waals surface area contributed by atoms with E-state index in [0.29, 0.717) is 51.0 Å². The Hall–Kier alpha value is -6.44. The summed E-state index contributed by atoms with van der Waals surface area (Å²) in [5.41, 5.74) is 9.66. The molecule has 3 heterocycles. The van der Waals surface area contributed by atoms with E-state index in [1.54, 1.807) is 14.2 Å². The highest BCUT2D eigenvalue weighted by atomic mass is 16.6. The molecule has 0 saturated carbocycles. The molecule has 12 nitrogen and oxygen atoms in total. The lowest BCUT2D eigenvalue weighted by Crippen LogP contribution is -2.33. The highest BCUT2D eigenvalue weighted by molar-refractivity contribution is 6.11. The molecule has 1 saturated heterocycles. The van der Waals surface area contributed by atoms with Crippen LogP contribution in [0.3, 0.4) is 0 Å². The standard InChI is InChI=1S/C24H26N2O4.C15H13NO2.C9H13NO2/c1-28-21-10-4-5-11-22(21)29-14-13-25-15-17(27)16-30-23-12-6-9-20-24(23)18-7-2-3-8-19(18)26-20;1-2-5-12-11(4-1)15-13(16-12)6-3-7-14(15)18-9-10-8-17-10;1-11-8-4-2-3-5-9(8)12-7-6-10/h2-12,17,25-27H,13-16H2,1H3;1-7,10,16H,8-9H2;2-5H,6-7,10H2,1H3. The predicted molar refractivity (Wildman–Crippen MR) is 237 cm³/mol. The molecule has 0 amide bonds. The van der Waals surface area contributed by atoms with Crippen molar-refractivity contribution < 1.29 is 38.3 Å². The molecule has 1 fully saturated rings. The number of methoxy groups -OCH3 is 2. The third kappa shape index (κ3) is 10.8. The quantitative estimate of drug-likeness (QED) is 0.0453. The largest absolute Gasteiger partial charge is 0.493 e. The summed E-state index contributed by atoms with van der Waals surface area (Å²) in [7, 11) is 3.23. The predicted octanol–water partition coefficient (Wildman–Crippen LogP) is 7.87. The average molecular weight is 813 g/mol. The van der Waals surface area contributed by atoms with Crippen LogP contribution in [0.4, 0.5) is 0 Å². The summed E-state index contributed by atoms with van der Waals surface area (Å²) in [6.45, 7) is 4.19. The van der Waals surface area contributed by atoms with Crippen LogP contribution >= 0.6 is 0 Å². The van der Waals surface area contributed by atoms with E-state index in [-0.39, 0.29) is 12.7 Å². The number of ether oxygens (including phenoxy) is 7. The van der Waals surface area contributed by atoms with Crippen LogP contribution in [0.1, 0.15) is 0 Å². The van der Waals surface area contributed by atoms with Crippen molar-refractivity contribution in [2.45, 2.75) is 12.2 Å². The molecule has 312 valence electrons. The van der Waals surface area contributed by atoms with Gasteiger partial charge in [0, 0.05) is 52.2 Å². The first-order chi connectivity index (χ1) is 29.6. The Kier molecular flexibility index (Phi) is 14.6. The van der Waals surface area contributed by atoms with Gasteiger partial charge in [-0.3, -0.25) is 0 Å². The lowest BCUT2D eigenvalue weighted by molar-refractivity contribution is 0.106. The van der Waals surface area contributed by atoms with Crippen LogP contribution in [0.5, 0.6) is 34.5 Å². The van der Waals surface area contributed by atoms with Crippen molar-refractivity contribution in [1.82, 2.24) is 15.3 Å². The fourth-order valence-corrected chi connectivity index (χ4v) is 6.72. The topological polar surface area (TPSA) is 158 Å². The number of aromatic amines is 2. The number of nitrogens with one attached hydrogen (secondary N) is 3. The Morgan fingerprint density at radius 1 is 0.600 bits per heavy atom. The zero-order valence-electron chi connectivity index (χ0n) is 33.9. The van der Waals surface area contributed by atoms with Gasteiger partial charge in [-0.05, 0) is 60.7 Å². The molecule has 2 atom stereocenters. The minimum atomic E-state index is -0.628.